The highest BCUT2D eigenvalue weighted by Crippen LogP contribution is 2.41. The minimum absolute atomic E-state index is 0.0770. The molecule has 0 radical (unpaired) electrons. The summed E-state index contributed by atoms with van der Waals surface area (Å²) in [5.41, 5.74) is 9.26. The van der Waals surface area contributed by atoms with Crippen molar-refractivity contribution in [3.8, 4) is 22.5 Å². The molecule has 0 aliphatic carbocycles. The molecule has 6 bridgehead atoms. The van der Waals surface area contributed by atoms with Gasteiger partial charge in [0, 0.05) is 85.8 Å². The van der Waals surface area contributed by atoms with Crippen LogP contribution in [0.3, 0.4) is 0 Å². The van der Waals surface area contributed by atoms with Crippen LogP contribution < -0.4 is 10.7 Å². The molecule has 6 heterocycles. The maximum Gasteiger partial charge on any atom is 0.324 e. The van der Waals surface area contributed by atoms with Crippen molar-refractivity contribution < 1.29 is 33.4 Å². The molecule has 7 rings (SSSR count). The molecule has 0 spiro atoms. The van der Waals surface area contributed by atoms with Gasteiger partial charge >= 0.3 is 5.97 Å². The van der Waals surface area contributed by atoms with E-state index in [0.29, 0.717) is 56.9 Å². The number of aryl methyl sites for hydroxylation is 1. The Kier molecular flexibility index (Phi) is 13.8. The van der Waals surface area contributed by atoms with Crippen LogP contribution in [0.25, 0.3) is 33.4 Å². The Morgan fingerprint density at radius 3 is 2.70 bits per heavy atom. The Hall–Kier alpha value is -5.45. The summed E-state index contributed by atoms with van der Waals surface area (Å²) in [6.45, 7) is 15.7. The van der Waals surface area contributed by atoms with Crippen LogP contribution in [0.2, 0.25) is 0 Å². The molecule has 3 aliphatic rings. The summed E-state index contributed by atoms with van der Waals surface area (Å²) in [5.74, 6) is -2.63. The van der Waals surface area contributed by atoms with Crippen molar-refractivity contribution in [3.05, 3.63) is 70.8 Å². The number of rotatable bonds is 10. The van der Waals surface area contributed by atoms with Crippen LogP contribution >= 0.6 is 11.3 Å². The number of amides is 4. The second-order valence-electron chi connectivity index (χ2n) is 18.0. The number of likely N-dealkylation sites (tertiary alicyclic amines) is 1. The fourth-order valence-electron chi connectivity index (χ4n) is 9.32. The highest BCUT2D eigenvalue weighted by Gasteiger charge is 2.40. The summed E-state index contributed by atoms with van der Waals surface area (Å²) in [4.78, 5) is 81.7. The molecule has 4 amide bonds. The zero-order chi connectivity index (χ0) is 45.2. The number of cyclic esters (lactones) is 1. The van der Waals surface area contributed by atoms with Gasteiger partial charge in [-0.25, -0.2) is 10.4 Å². The largest absolute Gasteiger partial charge is 0.464 e. The van der Waals surface area contributed by atoms with Crippen LogP contribution in [-0.2, 0) is 59.4 Å². The van der Waals surface area contributed by atoms with Gasteiger partial charge in [-0.3, -0.25) is 34.0 Å². The van der Waals surface area contributed by atoms with Crippen molar-refractivity contribution in [2.75, 3.05) is 40.4 Å². The molecule has 3 aromatic heterocycles. The highest BCUT2D eigenvalue weighted by molar-refractivity contribution is 7.10. The average molecular weight is 881 g/mol. The molecule has 1 aromatic carbocycles. The van der Waals surface area contributed by atoms with Crippen LogP contribution in [0.15, 0.2) is 54.6 Å². The van der Waals surface area contributed by atoms with E-state index in [4.69, 9.17) is 19.4 Å². The van der Waals surface area contributed by atoms with Gasteiger partial charge in [0.2, 0.25) is 17.7 Å². The summed E-state index contributed by atoms with van der Waals surface area (Å²) in [6.07, 6.45) is 5.16. The molecule has 2 saturated heterocycles. The Balaban J connectivity index is 1.26. The van der Waals surface area contributed by atoms with Gasteiger partial charge < -0.3 is 29.2 Å². The predicted octanol–water partition coefficient (Wildman–Crippen LogP) is 5.16. The number of ether oxygens (including phenoxy) is 2. The number of methoxy groups -OCH3 is 1. The first-order valence-corrected chi connectivity index (χ1v) is 22.8. The number of hydrogen-bond acceptors (Lipinski definition) is 11. The van der Waals surface area contributed by atoms with Crippen LogP contribution in [0, 0.1) is 17.3 Å². The summed E-state index contributed by atoms with van der Waals surface area (Å²) >= 11 is 1.40. The lowest BCUT2D eigenvalue weighted by Crippen LogP contribution is -2.62. The van der Waals surface area contributed by atoms with E-state index in [1.807, 2.05) is 25.3 Å². The number of pyridine rings is 1. The summed E-state index contributed by atoms with van der Waals surface area (Å²) < 4.78 is 14.0. The highest BCUT2D eigenvalue weighted by atomic mass is 32.1. The number of aromatic nitrogens is 3. The molecule has 16 heteroatoms. The minimum Gasteiger partial charge on any atom is -0.464 e. The van der Waals surface area contributed by atoms with Gasteiger partial charge in [0.15, 0.2) is 0 Å². The first kappa shape index (κ1) is 45.6. The number of carbonyl (C=O) groups is 5. The molecule has 336 valence electrons. The number of nitrogens with zero attached hydrogens (tertiary/aromatic N) is 6. The Labute approximate surface area is 373 Å². The molecule has 3 aliphatic heterocycles. The molecule has 0 unspecified atom stereocenters. The number of hydrazine groups is 1. The van der Waals surface area contributed by atoms with Crippen LogP contribution in [0.1, 0.15) is 70.1 Å². The quantitative estimate of drug-likeness (QED) is 0.161. The zero-order valence-corrected chi connectivity index (χ0v) is 38.3. The molecule has 63 heavy (non-hydrogen) atoms. The maximum absolute atomic E-state index is 14.6. The third-order valence-corrected chi connectivity index (χ3v) is 13.3. The van der Waals surface area contributed by atoms with Crippen LogP contribution in [0.5, 0.6) is 0 Å². The number of thiazole rings is 1. The van der Waals surface area contributed by atoms with E-state index in [1.54, 1.807) is 25.3 Å². The van der Waals surface area contributed by atoms with Gasteiger partial charge in [0.05, 0.1) is 41.2 Å². The van der Waals surface area contributed by atoms with E-state index < -0.39 is 47.2 Å². The van der Waals surface area contributed by atoms with Gasteiger partial charge in [-0.1, -0.05) is 40.3 Å². The van der Waals surface area contributed by atoms with Crippen molar-refractivity contribution in [2.45, 2.75) is 98.0 Å². The molecular formula is C47H60N8O7S. The summed E-state index contributed by atoms with van der Waals surface area (Å²) in [6, 6.07) is 7.60. The number of fused-ring (bicyclic) bond motifs is 6. The van der Waals surface area contributed by atoms with Crippen LogP contribution in [-0.4, -0.2) is 117 Å². The van der Waals surface area contributed by atoms with E-state index in [9.17, 15) is 24.0 Å². The summed E-state index contributed by atoms with van der Waals surface area (Å²) in [5, 5.41) is 8.08. The van der Waals surface area contributed by atoms with Crippen molar-refractivity contribution in [1.29, 1.82) is 0 Å². The van der Waals surface area contributed by atoms with Crippen molar-refractivity contribution in [1.82, 2.24) is 40.1 Å². The lowest BCUT2D eigenvalue weighted by atomic mass is 9.84. The van der Waals surface area contributed by atoms with Gasteiger partial charge in [0.1, 0.15) is 18.1 Å². The predicted molar refractivity (Wildman–Crippen MR) is 241 cm³/mol. The zero-order valence-electron chi connectivity index (χ0n) is 37.4. The molecule has 4 atom stereocenters. The lowest BCUT2D eigenvalue weighted by Gasteiger charge is -2.36. The molecule has 2 fully saturated rings. The van der Waals surface area contributed by atoms with Crippen molar-refractivity contribution >= 4 is 51.8 Å². The Morgan fingerprint density at radius 2 is 1.97 bits per heavy atom. The standard InChI is InChI=1S/C47H60N8O7S/c1-9-40(56)53-20-17-30(24-53)44(58)52(7)41(28(3)4)43(57)50-35-22-39-49-37(26-63-39)29-15-16-38-32(21-29)33(42(54(38)10-2)31-13-11-18-48-36(31)25-61-8)23-47(5,6)27-62-46(60)34-14-12-19-55(51-34)45(35)59/h9,11,13,15-16,18,21,26,28,30,34-35,41,51H,1,10,12,14,17,19-20,22-25,27H2,2-8H3,(H,50,57)/t30-,34-,35-,41-/m0/s1. The maximum atomic E-state index is 14.6. The van der Waals surface area contributed by atoms with Gasteiger partial charge in [-0.05, 0) is 74.4 Å². The molecule has 15 nitrogen and oxygen atoms in total. The second-order valence-corrected chi connectivity index (χ2v) is 18.9. The number of benzene rings is 1. The molecule has 4 aromatic rings. The van der Waals surface area contributed by atoms with Crippen LogP contribution in [0.4, 0.5) is 0 Å². The third kappa shape index (κ3) is 9.58. The third-order valence-electron chi connectivity index (χ3n) is 12.4. The van der Waals surface area contributed by atoms with Gasteiger partial charge in [-0.15, -0.1) is 11.3 Å². The van der Waals surface area contributed by atoms with E-state index >= 15 is 0 Å². The van der Waals surface area contributed by atoms with E-state index in [-0.39, 0.29) is 37.3 Å². The van der Waals surface area contributed by atoms with Crippen molar-refractivity contribution in [3.63, 3.8) is 0 Å². The first-order valence-electron chi connectivity index (χ1n) is 21.9. The topological polar surface area (TPSA) is 168 Å². The van der Waals surface area contributed by atoms with E-state index in [0.717, 1.165) is 44.7 Å². The smallest absolute Gasteiger partial charge is 0.324 e. The number of hydrogen-bond donors (Lipinski definition) is 2. The lowest BCUT2D eigenvalue weighted by molar-refractivity contribution is -0.155. The average Bonchev–Trinajstić information content (AvgIpc) is 4.03. The SMILES string of the molecule is C=CC(=O)N1CC[C@H](C(=O)N(C)[C@H](C(=O)N[C@H]2Cc3nc(cs3)-c3ccc4c(c3)c(c(-c3cccnc3COC)n4CC)CC(C)(C)COC(=O)[C@@H]3CCCN(N3)C2=O)C(C)C)C1. The monoisotopic (exact) mass is 880 g/mol. The molecule has 0 saturated carbocycles. The normalized spacial score (nSPS) is 20.9. The molecule has 2 N–H and O–H groups in total. The minimum atomic E-state index is -1.08. The molecular weight excluding hydrogens is 821 g/mol. The number of likely N-dealkylation sites (N-methyl/N-ethyl adjacent to an activating group) is 1. The second kappa shape index (κ2) is 19.1. The number of nitrogens with one attached hydrogen (secondary N) is 2. The van der Waals surface area contributed by atoms with Crippen molar-refractivity contribution in [2.24, 2.45) is 17.3 Å². The number of esters is 1. The summed E-state index contributed by atoms with van der Waals surface area (Å²) in [7, 11) is 3.26. The number of carbonyl (C=O) groups excluding carboxylic acids is 5. The first-order chi connectivity index (χ1) is 30.1. The Bertz CT molecular complexity index is 2390. The Morgan fingerprint density at radius 1 is 1.17 bits per heavy atom. The van der Waals surface area contributed by atoms with E-state index in [1.165, 1.54) is 27.3 Å². The van der Waals surface area contributed by atoms with E-state index in [2.05, 4.69) is 66.9 Å². The van der Waals surface area contributed by atoms with Gasteiger partial charge in [-0.2, -0.15) is 0 Å². The fourth-order valence-corrected chi connectivity index (χ4v) is 10.2. The fraction of sp³-hybridized carbons (Fsp3) is 0.511. The van der Waals surface area contributed by atoms with Gasteiger partial charge in [0.25, 0.3) is 5.91 Å².